The summed E-state index contributed by atoms with van der Waals surface area (Å²) in [6, 6.07) is 0.398. The fraction of sp³-hybridized carbons (Fsp3) is 0.833. The van der Waals surface area contributed by atoms with Crippen LogP contribution in [0.5, 0.6) is 0 Å². The van der Waals surface area contributed by atoms with E-state index in [1.807, 2.05) is 4.68 Å². The highest BCUT2D eigenvalue weighted by Crippen LogP contribution is 2.29. The second-order valence-electron chi connectivity index (χ2n) is 5.53. The summed E-state index contributed by atoms with van der Waals surface area (Å²) in [5.41, 5.74) is 0. The molecule has 1 saturated heterocycles. The zero-order valence-electron chi connectivity index (χ0n) is 10.7. The van der Waals surface area contributed by atoms with Crippen LogP contribution in [-0.4, -0.2) is 34.7 Å². The van der Waals surface area contributed by atoms with E-state index in [0.29, 0.717) is 11.8 Å². The van der Waals surface area contributed by atoms with Gasteiger partial charge >= 0.3 is 0 Å². The van der Waals surface area contributed by atoms with Crippen LogP contribution in [0.4, 0.5) is 0 Å². The molecule has 3 heterocycles. The van der Waals surface area contributed by atoms with E-state index in [-0.39, 0.29) is 11.7 Å². The molecule has 2 aliphatic rings. The molecule has 2 unspecified atom stereocenters. The molecule has 0 N–H and O–H groups in total. The Morgan fingerprint density at radius 3 is 2.83 bits per heavy atom. The molecule has 5 nitrogen and oxygen atoms in total. The molecule has 0 aromatic carbocycles. The predicted molar refractivity (Wildman–Crippen MR) is 68.3 cm³/mol. The quantitative estimate of drug-likeness (QED) is 0.774. The molecule has 100 valence electrons. The summed E-state index contributed by atoms with van der Waals surface area (Å²) in [5.74, 6) is 2.35. The minimum Gasteiger partial charge on any atom is -0.247 e. The fourth-order valence-corrected chi connectivity index (χ4v) is 4.68. The van der Waals surface area contributed by atoms with E-state index in [1.54, 1.807) is 0 Å². The number of hydrogen-bond donors (Lipinski definition) is 0. The first kappa shape index (κ1) is 12.1. The second kappa shape index (κ2) is 4.33. The summed E-state index contributed by atoms with van der Waals surface area (Å²) < 4.78 is 25.4. The van der Waals surface area contributed by atoms with Crippen LogP contribution in [-0.2, 0) is 16.3 Å². The lowest BCUT2D eigenvalue weighted by Gasteiger charge is -2.19. The van der Waals surface area contributed by atoms with Gasteiger partial charge in [0.2, 0.25) is 0 Å². The predicted octanol–water partition coefficient (Wildman–Crippen LogP) is 1.47. The Morgan fingerprint density at radius 1 is 1.28 bits per heavy atom. The standard InChI is InChI=1S/C12H19N3O2S/c1-9-4-2-6-11-13-12(14-15(9)11)10-5-3-7-18(16,17)8-10/h9-10H,2-8H2,1H3. The minimum atomic E-state index is -2.88. The summed E-state index contributed by atoms with van der Waals surface area (Å²) in [4.78, 5) is 4.58. The van der Waals surface area contributed by atoms with Crippen LogP contribution in [0.1, 0.15) is 56.2 Å². The highest BCUT2D eigenvalue weighted by atomic mass is 32.2. The van der Waals surface area contributed by atoms with Gasteiger partial charge in [-0.25, -0.2) is 18.1 Å². The molecule has 1 aromatic rings. The van der Waals surface area contributed by atoms with Gasteiger partial charge in [-0.3, -0.25) is 0 Å². The summed E-state index contributed by atoms with van der Waals surface area (Å²) in [6.07, 6.45) is 4.90. The van der Waals surface area contributed by atoms with Gasteiger partial charge < -0.3 is 0 Å². The van der Waals surface area contributed by atoms with Crippen LogP contribution in [0.2, 0.25) is 0 Å². The van der Waals surface area contributed by atoms with Gasteiger partial charge in [-0.15, -0.1) is 0 Å². The number of aryl methyl sites for hydroxylation is 1. The third-order valence-electron chi connectivity index (χ3n) is 3.99. The maximum atomic E-state index is 11.7. The molecule has 0 radical (unpaired) electrons. The van der Waals surface area contributed by atoms with Crippen LogP contribution < -0.4 is 0 Å². The summed E-state index contributed by atoms with van der Waals surface area (Å²) >= 11 is 0. The van der Waals surface area contributed by atoms with Gasteiger partial charge in [0, 0.05) is 12.3 Å². The molecule has 3 rings (SSSR count). The Kier molecular flexibility index (Phi) is 2.92. The van der Waals surface area contributed by atoms with Gasteiger partial charge in [-0.05, 0) is 32.6 Å². The van der Waals surface area contributed by atoms with Crippen molar-refractivity contribution in [3.8, 4) is 0 Å². The zero-order valence-corrected chi connectivity index (χ0v) is 11.5. The van der Waals surface area contributed by atoms with Crippen LogP contribution >= 0.6 is 0 Å². The normalized spacial score (nSPS) is 30.9. The molecule has 0 aliphatic carbocycles. The van der Waals surface area contributed by atoms with Gasteiger partial charge in [0.15, 0.2) is 15.7 Å². The number of nitrogens with zero attached hydrogens (tertiary/aromatic N) is 3. The van der Waals surface area contributed by atoms with Crippen LogP contribution in [0.15, 0.2) is 0 Å². The Morgan fingerprint density at radius 2 is 2.11 bits per heavy atom. The monoisotopic (exact) mass is 269 g/mol. The molecular weight excluding hydrogens is 250 g/mol. The van der Waals surface area contributed by atoms with E-state index in [4.69, 9.17) is 0 Å². The van der Waals surface area contributed by atoms with Crippen molar-refractivity contribution >= 4 is 9.84 Å². The largest absolute Gasteiger partial charge is 0.247 e. The second-order valence-corrected chi connectivity index (χ2v) is 7.75. The summed E-state index contributed by atoms with van der Waals surface area (Å²) in [7, 11) is -2.88. The molecule has 1 aromatic heterocycles. The average molecular weight is 269 g/mol. The van der Waals surface area contributed by atoms with Crippen LogP contribution in [0, 0.1) is 0 Å². The molecule has 0 spiro atoms. The first-order valence-corrected chi connectivity index (χ1v) is 8.53. The molecule has 0 bridgehead atoms. The third kappa shape index (κ3) is 2.18. The molecule has 2 aliphatic heterocycles. The van der Waals surface area contributed by atoms with E-state index in [1.165, 1.54) is 0 Å². The van der Waals surface area contributed by atoms with Crippen molar-refractivity contribution in [1.82, 2.24) is 14.8 Å². The Hall–Kier alpha value is -0.910. The minimum absolute atomic E-state index is 0.00838. The van der Waals surface area contributed by atoms with Crippen LogP contribution in [0.25, 0.3) is 0 Å². The fourth-order valence-electron chi connectivity index (χ4n) is 2.97. The SMILES string of the molecule is CC1CCCc2nc(C3CCCS(=O)(=O)C3)nn21. The highest BCUT2D eigenvalue weighted by Gasteiger charge is 2.30. The number of rotatable bonds is 1. The average Bonchev–Trinajstić information content (AvgIpc) is 2.73. The van der Waals surface area contributed by atoms with E-state index in [9.17, 15) is 8.42 Å². The van der Waals surface area contributed by atoms with Crippen molar-refractivity contribution in [3.05, 3.63) is 11.6 Å². The topological polar surface area (TPSA) is 64.8 Å². The van der Waals surface area contributed by atoms with E-state index in [2.05, 4.69) is 17.0 Å². The van der Waals surface area contributed by atoms with E-state index >= 15 is 0 Å². The van der Waals surface area contributed by atoms with E-state index in [0.717, 1.165) is 43.8 Å². The smallest absolute Gasteiger partial charge is 0.155 e. The van der Waals surface area contributed by atoms with Gasteiger partial charge in [-0.1, -0.05) is 0 Å². The van der Waals surface area contributed by atoms with Gasteiger partial charge in [0.1, 0.15) is 5.82 Å². The molecule has 6 heteroatoms. The molecule has 18 heavy (non-hydrogen) atoms. The first-order chi connectivity index (χ1) is 8.55. The summed E-state index contributed by atoms with van der Waals surface area (Å²) in [5, 5.41) is 4.56. The Bertz CT molecular complexity index is 550. The molecule has 0 amide bonds. The van der Waals surface area contributed by atoms with Crippen molar-refractivity contribution in [2.75, 3.05) is 11.5 Å². The molecule has 1 fully saturated rings. The van der Waals surface area contributed by atoms with Gasteiger partial charge in [-0.2, -0.15) is 5.10 Å². The highest BCUT2D eigenvalue weighted by molar-refractivity contribution is 7.91. The van der Waals surface area contributed by atoms with Crippen molar-refractivity contribution in [1.29, 1.82) is 0 Å². The van der Waals surface area contributed by atoms with E-state index < -0.39 is 9.84 Å². The Balaban J connectivity index is 1.89. The summed E-state index contributed by atoms with van der Waals surface area (Å²) in [6.45, 7) is 2.15. The third-order valence-corrected chi connectivity index (χ3v) is 5.81. The Labute approximate surface area is 108 Å². The van der Waals surface area contributed by atoms with Crippen molar-refractivity contribution in [2.24, 2.45) is 0 Å². The molecule has 2 atom stereocenters. The number of sulfone groups is 1. The van der Waals surface area contributed by atoms with Gasteiger partial charge in [0.25, 0.3) is 0 Å². The molecule has 0 saturated carbocycles. The lowest BCUT2D eigenvalue weighted by Crippen LogP contribution is -2.24. The number of hydrogen-bond acceptors (Lipinski definition) is 4. The lowest BCUT2D eigenvalue weighted by molar-refractivity contribution is 0.386. The van der Waals surface area contributed by atoms with Crippen molar-refractivity contribution in [2.45, 2.75) is 51.0 Å². The maximum absolute atomic E-state index is 11.7. The van der Waals surface area contributed by atoms with Crippen LogP contribution in [0.3, 0.4) is 0 Å². The molecular formula is C12H19N3O2S. The van der Waals surface area contributed by atoms with Gasteiger partial charge in [0.05, 0.1) is 17.5 Å². The maximum Gasteiger partial charge on any atom is 0.155 e. The van der Waals surface area contributed by atoms with Crippen molar-refractivity contribution < 1.29 is 8.42 Å². The number of aromatic nitrogens is 3. The number of fused-ring (bicyclic) bond motifs is 1. The first-order valence-electron chi connectivity index (χ1n) is 6.71. The van der Waals surface area contributed by atoms with Crippen molar-refractivity contribution in [3.63, 3.8) is 0 Å². The zero-order chi connectivity index (χ0) is 12.8. The lowest BCUT2D eigenvalue weighted by atomic mass is 10.1.